The van der Waals surface area contributed by atoms with Crippen molar-refractivity contribution in [2.75, 3.05) is 16.4 Å². The standard InChI is InChI=1S/C21H15ClFN3O4S/c22-18-11-15(7-8-19(18)23)24-20(27)12-31-17-6-2-4-14(10-17)25-21(28)13-3-1-5-16(9-13)26(29)30/h1-11H,12H2,(H,24,27)(H,25,28). The Morgan fingerprint density at radius 1 is 1.00 bits per heavy atom. The molecule has 0 bridgehead atoms. The Balaban J connectivity index is 1.59. The van der Waals surface area contributed by atoms with Gasteiger partial charge in [0.15, 0.2) is 0 Å². The predicted molar refractivity (Wildman–Crippen MR) is 118 cm³/mol. The number of hydrogen-bond donors (Lipinski definition) is 2. The molecule has 0 aromatic heterocycles. The zero-order chi connectivity index (χ0) is 22.4. The molecule has 0 aliphatic heterocycles. The largest absolute Gasteiger partial charge is 0.325 e. The molecule has 0 aliphatic rings. The fourth-order valence-electron chi connectivity index (χ4n) is 2.55. The van der Waals surface area contributed by atoms with E-state index in [0.717, 1.165) is 4.90 Å². The van der Waals surface area contributed by atoms with Crippen LogP contribution in [-0.2, 0) is 4.79 Å². The highest BCUT2D eigenvalue weighted by atomic mass is 35.5. The van der Waals surface area contributed by atoms with Gasteiger partial charge in [-0.2, -0.15) is 0 Å². The highest BCUT2D eigenvalue weighted by molar-refractivity contribution is 8.00. The van der Waals surface area contributed by atoms with E-state index in [1.165, 1.54) is 54.2 Å². The van der Waals surface area contributed by atoms with Gasteiger partial charge in [0, 0.05) is 34.0 Å². The SMILES string of the molecule is O=C(CSc1cccc(NC(=O)c2cccc([N+](=O)[O-])c2)c1)Nc1ccc(F)c(Cl)c1. The van der Waals surface area contributed by atoms with Crippen LogP contribution in [0.2, 0.25) is 5.02 Å². The quantitative estimate of drug-likeness (QED) is 0.281. The summed E-state index contributed by atoms with van der Waals surface area (Å²) in [4.78, 5) is 35.5. The molecular weight excluding hydrogens is 445 g/mol. The number of non-ortho nitro benzene ring substituents is 1. The van der Waals surface area contributed by atoms with E-state index in [1.54, 1.807) is 24.3 Å². The van der Waals surface area contributed by atoms with Gasteiger partial charge < -0.3 is 10.6 Å². The maximum absolute atomic E-state index is 13.2. The molecule has 2 N–H and O–H groups in total. The van der Waals surface area contributed by atoms with Gasteiger partial charge in [0.25, 0.3) is 11.6 Å². The minimum Gasteiger partial charge on any atom is -0.325 e. The minimum absolute atomic E-state index is 0.0806. The number of nitrogens with one attached hydrogen (secondary N) is 2. The number of halogens is 2. The van der Waals surface area contributed by atoms with Crippen LogP contribution >= 0.6 is 23.4 Å². The van der Waals surface area contributed by atoms with Crippen LogP contribution in [0.1, 0.15) is 10.4 Å². The van der Waals surface area contributed by atoms with Crippen molar-refractivity contribution in [1.29, 1.82) is 0 Å². The molecule has 10 heteroatoms. The van der Waals surface area contributed by atoms with E-state index in [9.17, 15) is 24.1 Å². The highest BCUT2D eigenvalue weighted by Gasteiger charge is 2.12. The zero-order valence-corrected chi connectivity index (χ0v) is 17.4. The first kappa shape index (κ1) is 22.3. The van der Waals surface area contributed by atoms with Crippen molar-refractivity contribution in [1.82, 2.24) is 0 Å². The summed E-state index contributed by atoms with van der Waals surface area (Å²) in [7, 11) is 0. The van der Waals surface area contributed by atoms with Crippen molar-refractivity contribution in [3.8, 4) is 0 Å². The van der Waals surface area contributed by atoms with Crippen LogP contribution in [0.4, 0.5) is 21.5 Å². The van der Waals surface area contributed by atoms with Crippen molar-refractivity contribution in [2.45, 2.75) is 4.90 Å². The molecule has 0 atom stereocenters. The number of amides is 2. The third-order valence-electron chi connectivity index (χ3n) is 3.98. The third-order valence-corrected chi connectivity index (χ3v) is 5.27. The summed E-state index contributed by atoms with van der Waals surface area (Å²) >= 11 is 6.94. The second kappa shape index (κ2) is 10.1. The highest BCUT2D eigenvalue weighted by Crippen LogP contribution is 2.24. The molecule has 0 fully saturated rings. The first-order valence-corrected chi connectivity index (χ1v) is 10.2. The Labute approximate surface area is 185 Å². The summed E-state index contributed by atoms with van der Waals surface area (Å²) in [6, 6.07) is 16.1. The number of anilines is 2. The smallest absolute Gasteiger partial charge is 0.270 e. The van der Waals surface area contributed by atoms with E-state index in [4.69, 9.17) is 11.6 Å². The second-order valence-corrected chi connectivity index (χ2v) is 7.71. The molecular formula is C21H15ClFN3O4S. The number of nitro groups is 1. The Morgan fingerprint density at radius 2 is 1.74 bits per heavy atom. The van der Waals surface area contributed by atoms with E-state index in [2.05, 4.69) is 10.6 Å². The lowest BCUT2D eigenvalue weighted by Gasteiger charge is -2.08. The maximum Gasteiger partial charge on any atom is 0.270 e. The van der Waals surface area contributed by atoms with Crippen LogP contribution in [0, 0.1) is 15.9 Å². The van der Waals surface area contributed by atoms with Crippen molar-refractivity contribution in [3.63, 3.8) is 0 Å². The van der Waals surface area contributed by atoms with Crippen LogP contribution in [-0.4, -0.2) is 22.5 Å². The number of benzene rings is 3. The molecule has 0 radical (unpaired) electrons. The molecule has 0 unspecified atom stereocenters. The molecule has 0 heterocycles. The van der Waals surface area contributed by atoms with Gasteiger partial charge in [-0.05, 0) is 42.5 Å². The molecule has 0 spiro atoms. The maximum atomic E-state index is 13.2. The van der Waals surface area contributed by atoms with E-state index in [1.807, 2.05) is 0 Å². The molecule has 0 saturated carbocycles. The van der Waals surface area contributed by atoms with Crippen molar-refractivity contribution >= 4 is 52.2 Å². The number of rotatable bonds is 7. The fourth-order valence-corrected chi connectivity index (χ4v) is 3.48. The van der Waals surface area contributed by atoms with Crippen LogP contribution < -0.4 is 10.6 Å². The molecule has 3 aromatic rings. The topological polar surface area (TPSA) is 101 Å². The van der Waals surface area contributed by atoms with Crippen LogP contribution in [0.25, 0.3) is 0 Å². The zero-order valence-electron chi connectivity index (χ0n) is 15.8. The first-order valence-electron chi connectivity index (χ1n) is 8.85. The van der Waals surface area contributed by atoms with E-state index in [0.29, 0.717) is 11.4 Å². The Bertz CT molecular complexity index is 1160. The molecule has 158 valence electrons. The van der Waals surface area contributed by atoms with Crippen molar-refractivity contribution < 1.29 is 18.9 Å². The lowest BCUT2D eigenvalue weighted by Crippen LogP contribution is -2.14. The Morgan fingerprint density at radius 3 is 2.48 bits per heavy atom. The van der Waals surface area contributed by atoms with Gasteiger partial charge >= 0.3 is 0 Å². The van der Waals surface area contributed by atoms with E-state index < -0.39 is 16.6 Å². The molecule has 7 nitrogen and oxygen atoms in total. The third kappa shape index (κ3) is 6.27. The Kier molecular flexibility index (Phi) is 7.22. The molecule has 3 aromatic carbocycles. The van der Waals surface area contributed by atoms with Gasteiger partial charge in [-0.15, -0.1) is 11.8 Å². The average molecular weight is 460 g/mol. The molecule has 0 aliphatic carbocycles. The monoisotopic (exact) mass is 459 g/mol. The first-order chi connectivity index (χ1) is 14.8. The fraction of sp³-hybridized carbons (Fsp3) is 0.0476. The van der Waals surface area contributed by atoms with Crippen molar-refractivity contribution in [3.05, 3.63) is 93.2 Å². The van der Waals surface area contributed by atoms with E-state index >= 15 is 0 Å². The Hall–Kier alpha value is -3.43. The summed E-state index contributed by atoms with van der Waals surface area (Å²) in [5.41, 5.74) is 0.845. The number of nitro benzene ring substituents is 1. The van der Waals surface area contributed by atoms with Crippen molar-refractivity contribution in [2.24, 2.45) is 0 Å². The predicted octanol–water partition coefficient (Wildman–Crippen LogP) is 5.37. The lowest BCUT2D eigenvalue weighted by atomic mass is 10.2. The average Bonchev–Trinajstić information content (AvgIpc) is 2.75. The molecule has 31 heavy (non-hydrogen) atoms. The second-order valence-electron chi connectivity index (χ2n) is 6.26. The normalized spacial score (nSPS) is 10.4. The lowest BCUT2D eigenvalue weighted by molar-refractivity contribution is -0.384. The van der Waals surface area contributed by atoms with Crippen LogP contribution in [0.5, 0.6) is 0 Å². The van der Waals surface area contributed by atoms with Gasteiger partial charge in [0.2, 0.25) is 5.91 Å². The molecule has 3 rings (SSSR count). The molecule has 0 saturated heterocycles. The van der Waals surface area contributed by atoms with Crippen LogP contribution in [0.15, 0.2) is 71.6 Å². The number of thioether (sulfide) groups is 1. The van der Waals surface area contributed by atoms with Gasteiger partial charge in [0.1, 0.15) is 5.82 Å². The molecule has 2 amide bonds. The van der Waals surface area contributed by atoms with Gasteiger partial charge in [-0.3, -0.25) is 19.7 Å². The number of nitrogens with zero attached hydrogens (tertiary/aromatic N) is 1. The van der Waals surface area contributed by atoms with Crippen LogP contribution in [0.3, 0.4) is 0 Å². The number of carbonyl (C=O) groups excluding carboxylic acids is 2. The van der Waals surface area contributed by atoms with E-state index in [-0.39, 0.29) is 27.9 Å². The van der Waals surface area contributed by atoms with Gasteiger partial charge in [0.05, 0.1) is 15.7 Å². The number of carbonyl (C=O) groups is 2. The summed E-state index contributed by atoms with van der Waals surface area (Å²) < 4.78 is 13.2. The summed E-state index contributed by atoms with van der Waals surface area (Å²) in [5.74, 6) is -1.29. The minimum atomic E-state index is -0.571. The summed E-state index contributed by atoms with van der Waals surface area (Å²) in [6.07, 6.45) is 0. The summed E-state index contributed by atoms with van der Waals surface area (Å²) in [5, 5.41) is 16.1. The number of hydrogen-bond acceptors (Lipinski definition) is 5. The van der Waals surface area contributed by atoms with Gasteiger partial charge in [-0.1, -0.05) is 23.7 Å². The summed E-state index contributed by atoms with van der Waals surface area (Å²) in [6.45, 7) is 0. The van der Waals surface area contributed by atoms with Gasteiger partial charge in [-0.25, -0.2) is 4.39 Å².